The summed E-state index contributed by atoms with van der Waals surface area (Å²) < 4.78 is 0. The van der Waals surface area contributed by atoms with Gasteiger partial charge in [0.15, 0.2) is 0 Å². The van der Waals surface area contributed by atoms with E-state index in [0.717, 1.165) is 12.3 Å². The molecule has 0 atom stereocenters. The number of fused-ring (bicyclic) bond motifs is 2. The Bertz CT molecular complexity index is 610. The van der Waals surface area contributed by atoms with Crippen LogP contribution in [0.25, 0.3) is 0 Å². The minimum absolute atomic E-state index is 1.04. The predicted molar refractivity (Wildman–Crippen MR) is 115 cm³/mol. The third kappa shape index (κ3) is 5.21. The molecule has 0 unspecified atom stereocenters. The minimum atomic E-state index is 1.04. The Morgan fingerprint density at radius 1 is 0.640 bits per heavy atom. The summed E-state index contributed by atoms with van der Waals surface area (Å²) in [6, 6.07) is 17.6. The van der Waals surface area contributed by atoms with Gasteiger partial charge in [0.25, 0.3) is 0 Å². The summed E-state index contributed by atoms with van der Waals surface area (Å²) in [6.45, 7) is 1.12. The molecule has 3 heteroatoms. The summed E-state index contributed by atoms with van der Waals surface area (Å²) >= 11 is 6.17. The van der Waals surface area contributed by atoms with Crippen molar-refractivity contribution < 1.29 is 0 Å². The van der Waals surface area contributed by atoms with Gasteiger partial charge in [-0.3, -0.25) is 0 Å². The fourth-order valence-corrected chi connectivity index (χ4v) is 4.78. The highest BCUT2D eigenvalue weighted by atomic mass is 32.2. The van der Waals surface area contributed by atoms with Gasteiger partial charge in [0, 0.05) is 16.3 Å². The topological polar surface area (TPSA) is 3.24 Å². The average Bonchev–Trinajstić information content (AvgIpc) is 2.66. The van der Waals surface area contributed by atoms with E-state index in [0.29, 0.717) is 0 Å². The van der Waals surface area contributed by atoms with Crippen LogP contribution in [0.15, 0.2) is 58.3 Å². The third-order valence-electron chi connectivity index (χ3n) is 4.82. The van der Waals surface area contributed by atoms with Crippen molar-refractivity contribution in [3.05, 3.63) is 48.5 Å². The quantitative estimate of drug-likeness (QED) is 0.344. The van der Waals surface area contributed by atoms with Crippen LogP contribution in [-0.4, -0.2) is 12.3 Å². The summed E-state index contributed by atoms with van der Waals surface area (Å²) in [6.07, 6.45) is 10.7. The highest BCUT2D eigenvalue weighted by Gasteiger charge is 2.21. The number of para-hydroxylation sites is 2. The van der Waals surface area contributed by atoms with E-state index in [-0.39, 0.29) is 0 Å². The van der Waals surface area contributed by atoms with Gasteiger partial charge in [-0.05, 0) is 42.9 Å². The fraction of sp³-hybridized carbons (Fsp3) is 0.455. The van der Waals surface area contributed by atoms with Crippen LogP contribution in [0.3, 0.4) is 0 Å². The molecule has 0 saturated heterocycles. The lowest BCUT2D eigenvalue weighted by molar-refractivity contribution is 0.577. The number of rotatable bonds is 10. The van der Waals surface area contributed by atoms with Gasteiger partial charge in [-0.25, -0.2) is 0 Å². The van der Waals surface area contributed by atoms with Crippen LogP contribution in [0.5, 0.6) is 0 Å². The molecule has 0 fully saturated rings. The Kier molecular flexibility index (Phi) is 7.62. The molecule has 0 spiro atoms. The van der Waals surface area contributed by atoms with Crippen molar-refractivity contribution in [3.63, 3.8) is 0 Å². The molecule has 0 aromatic heterocycles. The smallest absolute Gasteiger partial charge is 0.0552 e. The molecule has 1 aliphatic rings. The van der Waals surface area contributed by atoms with Crippen molar-refractivity contribution in [2.75, 3.05) is 17.2 Å². The molecule has 0 amide bonds. The van der Waals surface area contributed by atoms with Crippen molar-refractivity contribution >= 4 is 35.8 Å². The Labute approximate surface area is 162 Å². The SMILES string of the molecule is SCCCCCCCCCCN1c2ccccc2Sc2ccccc21. The van der Waals surface area contributed by atoms with Crippen LogP contribution >= 0.6 is 24.4 Å². The molecular formula is C22H29NS2. The van der Waals surface area contributed by atoms with Crippen molar-refractivity contribution in [2.24, 2.45) is 0 Å². The minimum Gasteiger partial charge on any atom is -0.340 e. The molecular weight excluding hydrogens is 342 g/mol. The molecule has 134 valence electrons. The molecule has 1 heterocycles. The zero-order chi connectivity index (χ0) is 17.3. The van der Waals surface area contributed by atoms with Crippen molar-refractivity contribution in [1.29, 1.82) is 0 Å². The number of nitrogens with zero attached hydrogens (tertiary/aromatic N) is 1. The summed E-state index contributed by atoms with van der Waals surface area (Å²) in [5.41, 5.74) is 2.75. The Morgan fingerprint density at radius 2 is 1.12 bits per heavy atom. The number of benzene rings is 2. The number of hydrogen-bond acceptors (Lipinski definition) is 3. The average molecular weight is 372 g/mol. The van der Waals surface area contributed by atoms with Crippen molar-refractivity contribution in [1.82, 2.24) is 0 Å². The first kappa shape index (κ1) is 18.7. The van der Waals surface area contributed by atoms with Gasteiger partial charge in [0.2, 0.25) is 0 Å². The molecule has 0 saturated carbocycles. The predicted octanol–water partition coefficient (Wildman–Crippen LogP) is 7.34. The molecule has 0 N–H and O–H groups in total. The maximum absolute atomic E-state index is 4.28. The highest BCUT2D eigenvalue weighted by Crippen LogP contribution is 2.47. The zero-order valence-electron chi connectivity index (χ0n) is 15.0. The molecule has 25 heavy (non-hydrogen) atoms. The summed E-state index contributed by atoms with van der Waals surface area (Å²) in [7, 11) is 0. The van der Waals surface area contributed by atoms with E-state index in [1.54, 1.807) is 0 Å². The normalized spacial score (nSPS) is 12.8. The first-order chi connectivity index (χ1) is 12.4. The molecule has 0 radical (unpaired) electrons. The monoisotopic (exact) mass is 371 g/mol. The van der Waals surface area contributed by atoms with Crippen molar-refractivity contribution in [2.45, 2.75) is 61.2 Å². The fourth-order valence-electron chi connectivity index (χ4n) is 3.46. The highest BCUT2D eigenvalue weighted by molar-refractivity contribution is 7.99. The Morgan fingerprint density at radius 3 is 1.68 bits per heavy atom. The lowest BCUT2D eigenvalue weighted by Gasteiger charge is -2.32. The van der Waals surface area contributed by atoms with Crippen LogP contribution in [0.1, 0.15) is 51.4 Å². The van der Waals surface area contributed by atoms with Gasteiger partial charge in [-0.2, -0.15) is 12.6 Å². The van der Waals surface area contributed by atoms with Crippen LogP contribution in [-0.2, 0) is 0 Å². The first-order valence-corrected chi connectivity index (χ1v) is 11.1. The van der Waals surface area contributed by atoms with E-state index in [1.165, 1.54) is 72.5 Å². The van der Waals surface area contributed by atoms with Gasteiger partial charge in [0.05, 0.1) is 11.4 Å². The summed E-state index contributed by atoms with van der Waals surface area (Å²) in [5.74, 6) is 1.04. The molecule has 1 aliphatic heterocycles. The van der Waals surface area contributed by atoms with Crippen LogP contribution in [0.2, 0.25) is 0 Å². The number of thiol groups is 1. The van der Waals surface area contributed by atoms with E-state index in [9.17, 15) is 0 Å². The van der Waals surface area contributed by atoms with Gasteiger partial charge in [0.1, 0.15) is 0 Å². The van der Waals surface area contributed by atoms with Crippen LogP contribution < -0.4 is 4.90 Å². The van der Waals surface area contributed by atoms with Gasteiger partial charge in [-0.1, -0.05) is 74.6 Å². The second-order valence-electron chi connectivity index (χ2n) is 6.74. The molecule has 0 aliphatic carbocycles. The third-order valence-corrected chi connectivity index (χ3v) is 6.27. The van der Waals surface area contributed by atoms with E-state index in [1.807, 2.05) is 11.8 Å². The lowest BCUT2D eigenvalue weighted by Crippen LogP contribution is -2.21. The second kappa shape index (κ2) is 10.2. The zero-order valence-corrected chi connectivity index (χ0v) is 16.7. The van der Waals surface area contributed by atoms with E-state index < -0.39 is 0 Å². The number of anilines is 2. The van der Waals surface area contributed by atoms with E-state index >= 15 is 0 Å². The first-order valence-electron chi connectivity index (χ1n) is 9.64. The Balaban J connectivity index is 1.49. The van der Waals surface area contributed by atoms with Crippen LogP contribution in [0, 0.1) is 0 Å². The molecule has 1 nitrogen and oxygen atoms in total. The molecule has 0 bridgehead atoms. The largest absolute Gasteiger partial charge is 0.340 e. The van der Waals surface area contributed by atoms with Gasteiger partial charge < -0.3 is 4.90 Å². The standard InChI is InChI=1S/C22H29NS2/c24-18-12-6-4-2-1-3-5-11-17-23-19-13-7-9-15-21(19)25-22-16-10-8-14-20(22)23/h7-10,13-16,24H,1-6,11-12,17-18H2. The maximum Gasteiger partial charge on any atom is 0.0552 e. The summed E-state index contributed by atoms with van der Waals surface area (Å²) in [5, 5.41) is 0. The number of unbranched alkanes of at least 4 members (excludes halogenated alkanes) is 7. The lowest BCUT2D eigenvalue weighted by atomic mass is 10.1. The summed E-state index contributed by atoms with van der Waals surface area (Å²) in [4.78, 5) is 5.28. The van der Waals surface area contributed by atoms with Crippen molar-refractivity contribution in [3.8, 4) is 0 Å². The maximum atomic E-state index is 4.28. The molecule has 2 aromatic carbocycles. The van der Waals surface area contributed by atoms with Gasteiger partial charge in [-0.15, -0.1) is 0 Å². The second-order valence-corrected chi connectivity index (χ2v) is 8.27. The van der Waals surface area contributed by atoms with Gasteiger partial charge >= 0.3 is 0 Å². The molecule has 2 aromatic rings. The van der Waals surface area contributed by atoms with Crippen LogP contribution in [0.4, 0.5) is 11.4 Å². The van der Waals surface area contributed by atoms with E-state index in [2.05, 4.69) is 66.1 Å². The van der Waals surface area contributed by atoms with E-state index in [4.69, 9.17) is 0 Å². The Hall–Kier alpha value is -1.06. The molecule has 3 rings (SSSR count). The number of hydrogen-bond donors (Lipinski definition) is 1.